The Morgan fingerprint density at radius 2 is 1.36 bits per heavy atom. The number of hydrogen-bond acceptors (Lipinski definition) is 2. The number of carbonyl (C=O) groups is 1. The Hall–Kier alpha value is 1.01. The second kappa shape index (κ2) is 5.92. The van der Waals surface area contributed by atoms with E-state index < -0.39 is 0 Å². The van der Waals surface area contributed by atoms with Gasteiger partial charge in [0.25, 0.3) is 0 Å². The van der Waals surface area contributed by atoms with Crippen LogP contribution in [0.25, 0.3) is 0 Å². The smallest absolute Gasteiger partial charge is 0.783 e. The van der Waals surface area contributed by atoms with Crippen LogP contribution in [-0.2, 0) is 17.4 Å². The first-order chi connectivity index (χ1) is 5.55. The fourth-order valence-electron chi connectivity index (χ4n) is 0.552. The summed E-state index contributed by atoms with van der Waals surface area (Å²) in [5.74, 6) is 0.104. The number of allylic oxidation sites excluding steroid dienone is 2. The van der Waals surface area contributed by atoms with Crippen LogP contribution in [0.3, 0.4) is 0 Å². The van der Waals surface area contributed by atoms with Gasteiger partial charge in [0.05, 0.1) is 0 Å². The van der Waals surface area contributed by atoms with Gasteiger partial charge in [0, 0.05) is 5.41 Å². The summed E-state index contributed by atoms with van der Waals surface area (Å²) in [7, 11) is 0. The van der Waals surface area contributed by atoms with Crippen LogP contribution in [0.4, 0.5) is 0 Å². The summed E-state index contributed by atoms with van der Waals surface area (Å²) in [6.45, 7) is 11.7. The van der Waals surface area contributed by atoms with Crippen molar-refractivity contribution < 1.29 is 46.5 Å². The monoisotopic (exact) mass is 339 g/mol. The summed E-state index contributed by atoms with van der Waals surface area (Å²) in [5, 5.41) is 0. The second-order valence-electron chi connectivity index (χ2n) is 5.37. The Labute approximate surface area is 127 Å². The van der Waals surface area contributed by atoms with Gasteiger partial charge >= 0.3 is 41.7 Å². The molecule has 0 radical (unpaired) electrons. The normalized spacial score (nSPS) is 13.4. The van der Waals surface area contributed by atoms with Crippen LogP contribution in [0, 0.1) is 52.6 Å². The van der Waals surface area contributed by atoms with Crippen molar-refractivity contribution in [2.45, 2.75) is 41.5 Å². The van der Waals surface area contributed by atoms with E-state index in [0.29, 0.717) is 0 Å². The minimum absolute atomic E-state index is 0. The van der Waals surface area contributed by atoms with E-state index in [4.69, 9.17) is 12.6 Å². The summed E-state index contributed by atoms with van der Waals surface area (Å²) in [5.41, 5.74) is -0.411. The van der Waals surface area contributed by atoms with Crippen LogP contribution < -0.4 is 0 Å². The Morgan fingerprint density at radius 1 is 1.00 bits per heavy atom. The predicted octanol–water partition coefficient (Wildman–Crippen LogP) is 3.08. The van der Waals surface area contributed by atoms with Gasteiger partial charge in [-0.05, 0) is 11.5 Å². The third-order valence-electron chi connectivity index (χ3n) is 1.74. The van der Waals surface area contributed by atoms with Gasteiger partial charge < -0.3 is 12.6 Å². The molecule has 0 saturated heterocycles. The molecule has 0 amide bonds. The van der Waals surface area contributed by atoms with Gasteiger partial charge in [0.1, 0.15) is 0 Å². The summed E-state index contributed by atoms with van der Waals surface area (Å²) < 4.78 is 0. The summed E-state index contributed by atoms with van der Waals surface area (Å²) in [6, 6.07) is 0. The van der Waals surface area contributed by atoms with Crippen molar-refractivity contribution >= 4 is 18.4 Å². The first-order valence-electron chi connectivity index (χ1n) is 4.49. The standard InChI is InChI=1S/C11H20OS.Ce/c1-10(2,3)8(12)7-9(13)11(4,5)6;/h7,13H,1-6H3;/q;+4/p-1/b9-7-;. The maximum atomic E-state index is 11.6. The molecule has 0 aromatic carbocycles. The fraction of sp³-hybridized carbons (Fsp3) is 0.727. The van der Waals surface area contributed by atoms with E-state index in [1.165, 1.54) is 0 Å². The molecule has 0 rings (SSSR count). The zero-order chi connectivity index (χ0) is 10.9. The molecule has 0 aromatic rings. The van der Waals surface area contributed by atoms with E-state index in [2.05, 4.69) is 0 Å². The van der Waals surface area contributed by atoms with Crippen molar-refractivity contribution in [3.63, 3.8) is 0 Å². The quantitative estimate of drug-likeness (QED) is 0.539. The molecule has 76 valence electrons. The number of carbonyl (C=O) groups excluding carboxylic acids is 1. The van der Waals surface area contributed by atoms with Crippen LogP contribution in [-0.4, -0.2) is 5.78 Å². The molecular formula is C11H19CeOS+3. The van der Waals surface area contributed by atoms with E-state index >= 15 is 0 Å². The van der Waals surface area contributed by atoms with Crippen LogP contribution in [0.5, 0.6) is 0 Å². The van der Waals surface area contributed by atoms with E-state index in [-0.39, 0.29) is 58.4 Å². The minimum Gasteiger partial charge on any atom is -0.783 e. The van der Waals surface area contributed by atoms with Crippen molar-refractivity contribution in [1.82, 2.24) is 0 Å². The van der Waals surface area contributed by atoms with Crippen LogP contribution in [0.15, 0.2) is 11.0 Å². The molecule has 14 heavy (non-hydrogen) atoms. The maximum Gasteiger partial charge on any atom is 4.00 e. The molecule has 0 atom stereocenters. The largest absolute Gasteiger partial charge is 4.00 e. The SMILES string of the molecule is CC(C)(C)C(=O)/C=C(\[S-])C(C)(C)C.[Ce+4]. The van der Waals surface area contributed by atoms with Gasteiger partial charge in [-0.2, -0.15) is 4.91 Å². The minimum atomic E-state index is -0.324. The molecule has 0 saturated carbocycles. The second-order valence-corrected chi connectivity index (χ2v) is 5.81. The summed E-state index contributed by atoms with van der Waals surface area (Å²) in [4.78, 5) is 12.3. The van der Waals surface area contributed by atoms with E-state index in [1.54, 1.807) is 6.08 Å². The van der Waals surface area contributed by atoms with Crippen LogP contribution >= 0.6 is 0 Å². The predicted molar refractivity (Wildman–Crippen MR) is 59.4 cm³/mol. The van der Waals surface area contributed by atoms with Crippen molar-refractivity contribution in [3.8, 4) is 0 Å². The third-order valence-corrected chi connectivity index (χ3v) is 2.47. The number of ketones is 1. The van der Waals surface area contributed by atoms with Gasteiger partial charge in [-0.25, -0.2) is 0 Å². The average Bonchev–Trinajstić information content (AvgIpc) is 1.82. The number of hydrogen-bond donors (Lipinski definition) is 0. The van der Waals surface area contributed by atoms with Crippen molar-refractivity contribution in [2.75, 3.05) is 0 Å². The van der Waals surface area contributed by atoms with E-state index in [1.807, 2.05) is 41.5 Å². The Balaban J connectivity index is 0. The molecule has 0 aliphatic heterocycles. The first-order valence-corrected chi connectivity index (χ1v) is 4.89. The molecule has 0 spiro atoms. The van der Waals surface area contributed by atoms with Crippen molar-refractivity contribution in [3.05, 3.63) is 11.0 Å². The topological polar surface area (TPSA) is 17.1 Å². The van der Waals surface area contributed by atoms with Gasteiger partial charge in [0.2, 0.25) is 0 Å². The molecule has 1 nitrogen and oxygen atoms in total. The average molecular weight is 339 g/mol. The zero-order valence-electron chi connectivity index (χ0n) is 9.89. The Kier molecular flexibility index (Phi) is 7.36. The van der Waals surface area contributed by atoms with Crippen molar-refractivity contribution in [2.24, 2.45) is 10.8 Å². The fourth-order valence-corrected chi connectivity index (χ4v) is 0.659. The number of rotatable bonds is 1. The van der Waals surface area contributed by atoms with Gasteiger partial charge in [-0.1, -0.05) is 41.5 Å². The molecule has 3 heteroatoms. The maximum absolute atomic E-state index is 11.6. The van der Waals surface area contributed by atoms with Crippen LogP contribution in [0.2, 0.25) is 0 Å². The molecular weight excluding hydrogens is 320 g/mol. The van der Waals surface area contributed by atoms with Gasteiger partial charge in [0.15, 0.2) is 5.78 Å². The summed E-state index contributed by atoms with van der Waals surface area (Å²) >= 11 is 5.16. The third kappa shape index (κ3) is 6.48. The first kappa shape index (κ1) is 17.4. The summed E-state index contributed by atoms with van der Waals surface area (Å²) in [6.07, 6.45) is 1.59. The zero-order valence-corrected chi connectivity index (χ0v) is 13.9. The molecule has 0 bridgehead atoms. The molecule has 0 aliphatic rings. The molecule has 0 aromatic heterocycles. The molecule has 0 heterocycles. The molecule has 0 aliphatic carbocycles. The molecule has 0 N–H and O–H groups in total. The van der Waals surface area contributed by atoms with Crippen LogP contribution in [0.1, 0.15) is 41.5 Å². The van der Waals surface area contributed by atoms with E-state index in [0.717, 1.165) is 4.91 Å². The Bertz CT molecular complexity index is 231. The van der Waals surface area contributed by atoms with E-state index in [9.17, 15) is 4.79 Å². The van der Waals surface area contributed by atoms with Crippen molar-refractivity contribution in [1.29, 1.82) is 0 Å². The Morgan fingerprint density at radius 3 is 1.57 bits per heavy atom. The van der Waals surface area contributed by atoms with Gasteiger partial charge in [-0.3, -0.25) is 4.79 Å². The molecule has 0 unspecified atom stereocenters. The molecule has 0 fully saturated rings. The van der Waals surface area contributed by atoms with Gasteiger partial charge in [-0.15, -0.1) is 0 Å².